The fourth-order valence-electron chi connectivity index (χ4n) is 2.50. The molecule has 1 aromatic carbocycles. The summed E-state index contributed by atoms with van der Waals surface area (Å²) in [5.74, 6) is 1.19. The van der Waals surface area contributed by atoms with E-state index in [1.54, 1.807) is 0 Å². The lowest BCUT2D eigenvalue weighted by atomic mass is 10.1. The first-order chi connectivity index (χ1) is 8.13. The van der Waals surface area contributed by atoms with E-state index in [4.69, 9.17) is 5.73 Å². The molecule has 0 saturated heterocycles. The van der Waals surface area contributed by atoms with Gasteiger partial charge in [0.25, 0.3) is 0 Å². The Morgan fingerprint density at radius 1 is 1.41 bits per heavy atom. The highest BCUT2D eigenvalue weighted by Crippen LogP contribution is 2.40. The number of benzene rings is 1. The largest absolute Gasteiger partial charge is 0.370 e. The van der Waals surface area contributed by atoms with Gasteiger partial charge in [0.2, 0.25) is 0 Å². The number of hydrogen-bond acceptors (Lipinski definition) is 3. The Balaban J connectivity index is 2.25. The van der Waals surface area contributed by atoms with E-state index in [9.17, 15) is 0 Å². The summed E-state index contributed by atoms with van der Waals surface area (Å²) in [4.78, 5) is 3.91. The van der Waals surface area contributed by atoms with E-state index < -0.39 is 0 Å². The first-order valence-corrected chi connectivity index (χ1v) is 7.29. The van der Waals surface area contributed by atoms with Gasteiger partial charge < -0.3 is 10.6 Å². The molecular weight excluding hydrogens is 228 g/mol. The molecule has 0 radical (unpaired) electrons. The Bertz CT molecular complexity index is 403. The maximum absolute atomic E-state index is 5.61. The molecule has 0 saturated carbocycles. The highest BCUT2D eigenvalue weighted by Gasteiger charge is 2.24. The lowest BCUT2D eigenvalue weighted by Gasteiger charge is -2.36. The van der Waals surface area contributed by atoms with Crippen LogP contribution in [-0.2, 0) is 0 Å². The minimum absolute atomic E-state index is 0.636. The standard InChI is InChI=1S/C14H22N2S/c1-10-7-11(2)14-13(8-10)16(3)12(9-17-14)5-4-6-15/h7-8,12H,4-6,9,15H2,1-3H3. The van der Waals surface area contributed by atoms with Crippen LogP contribution in [0.5, 0.6) is 0 Å². The van der Waals surface area contributed by atoms with Crippen molar-refractivity contribution in [2.24, 2.45) is 5.73 Å². The van der Waals surface area contributed by atoms with Gasteiger partial charge in [-0.05, 0) is 50.4 Å². The molecule has 2 N–H and O–H groups in total. The fraction of sp³-hybridized carbons (Fsp3) is 0.571. The van der Waals surface area contributed by atoms with Crippen molar-refractivity contribution in [3.05, 3.63) is 23.3 Å². The second-order valence-corrected chi connectivity index (χ2v) is 5.97. The molecule has 1 unspecified atom stereocenters. The summed E-state index contributed by atoms with van der Waals surface area (Å²) in [5, 5.41) is 0. The van der Waals surface area contributed by atoms with Crippen molar-refractivity contribution in [1.82, 2.24) is 0 Å². The molecule has 1 aliphatic heterocycles. The molecule has 1 aromatic rings. The third-order valence-corrected chi connectivity index (χ3v) is 4.86. The monoisotopic (exact) mass is 250 g/mol. The van der Waals surface area contributed by atoms with Crippen LogP contribution in [-0.4, -0.2) is 25.4 Å². The molecule has 1 heterocycles. The molecule has 17 heavy (non-hydrogen) atoms. The second-order valence-electron chi connectivity index (χ2n) is 4.94. The summed E-state index contributed by atoms with van der Waals surface area (Å²) in [6.45, 7) is 5.19. The molecule has 0 bridgehead atoms. The van der Waals surface area contributed by atoms with Crippen LogP contribution >= 0.6 is 11.8 Å². The Morgan fingerprint density at radius 3 is 2.88 bits per heavy atom. The van der Waals surface area contributed by atoms with Crippen LogP contribution in [0.3, 0.4) is 0 Å². The number of anilines is 1. The first kappa shape index (κ1) is 12.8. The summed E-state index contributed by atoms with van der Waals surface area (Å²) in [5.41, 5.74) is 9.78. The molecule has 0 amide bonds. The zero-order valence-electron chi connectivity index (χ0n) is 11.0. The molecule has 1 aliphatic rings. The molecule has 94 valence electrons. The van der Waals surface area contributed by atoms with Gasteiger partial charge in [-0.2, -0.15) is 0 Å². The van der Waals surface area contributed by atoms with Crippen LogP contribution in [0.15, 0.2) is 17.0 Å². The van der Waals surface area contributed by atoms with Gasteiger partial charge in [0.1, 0.15) is 0 Å². The van der Waals surface area contributed by atoms with Crippen LogP contribution in [0.1, 0.15) is 24.0 Å². The van der Waals surface area contributed by atoms with Crippen LogP contribution in [0.2, 0.25) is 0 Å². The highest BCUT2D eigenvalue weighted by atomic mass is 32.2. The van der Waals surface area contributed by atoms with Crippen LogP contribution in [0.25, 0.3) is 0 Å². The quantitative estimate of drug-likeness (QED) is 0.894. The predicted octanol–water partition coefficient (Wildman–Crippen LogP) is 2.95. The lowest BCUT2D eigenvalue weighted by Crippen LogP contribution is -2.37. The number of hydrogen-bond donors (Lipinski definition) is 1. The van der Waals surface area contributed by atoms with Gasteiger partial charge in [-0.1, -0.05) is 6.07 Å². The lowest BCUT2D eigenvalue weighted by molar-refractivity contribution is 0.598. The van der Waals surface area contributed by atoms with Crippen molar-refractivity contribution in [3.63, 3.8) is 0 Å². The Morgan fingerprint density at radius 2 is 2.18 bits per heavy atom. The number of nitrogens with zero attached hydrogens (tertiary/aromatic N) is 1. The molecule has 0 aromatic heterocycles. The van der Waals surface area contributed by atoms with Crippen molar-refractivity contribution >= 4 is 17.4 Å². The van der Waals surface area contributed by atoms with Gasteiger partial charge in [0.05, 0.1) is 5.69 Å². The Hall–Kier alpha value is -0.670. The molecule has 0 spiro atoms. The average molecular weight is 250 g/mol. The van der Waals surface area contributed by atoms with Gasteiger partial charge in [-0.25, -0.2) is 0 Å². The number of fused-ring (bicyclic) bond motifs is 1. The summed E-state index contributed by atoms with van der Waals surface area (Å²) in [6.07, 6.45) is 2.32. The molecule has 0 fully saturated rings. The number of nitrogens with two attached hydrogens (primary N) is 1. The maximum atomic E-state index is 5.61. The van der Waals surface area contributed by atoms with Gasteiger partial charge in [-0.15, -0.1) is 11.8 Å². The molecular formula is C14H22N2S. The minimum Gasteiger partial charge on any atom is -0.370 e. The van der Waals surface area contributed by atoms with Gasteiger partial charge in [-0.3, -0.25) is 0 Å². The molecule has 2 rings (SSSR count). The van der Waals surface area contributed by atoms with Crippen LogP contribution in [0.4, 0.5) is 5.69 Å². The molecule has 1 atom stereocenters. The smallest absolute Gasteiger partial charge is 0.0509 e. The van der Waals surface area contributed by atoms with E-state index in [2.05, 4.69) is 37.9 Å². The topological polar surface area (TPSA) is 29.3 Å². The first-order valence-electron chi connectivity index (χ1n) is 6.30. The zero-order valence-corrected chi connectivity index (χ0v) is 11.8. The third kappa shape index (κ3) is 2.61. The van der Waals surface area contributed by atoms with Crippen LogP contribution < -0.4 is 10.6 Å². The van der Waals surface area contributed by atoms with Crippen molar-refractivity contribution in [2.45, 2.75) is 37.6 Å². The van der Waals surface area contributed by atoms with Crippen molar-refractivity contribution in [1.29, 1.82) is 0 Å². The van der Waals surface area contributed by atoms with Crippen LogP contribution in [0, 0.1) is 13.8 Å². The maximum Gasteiger partial charge on any atom is 0.0509 e. The predicted molar refractivity (Wildman–Crippen MR) is 77.1 cm³/mol. The molecule has 2 nitrogen and oxygen atoms in total. The summed E-state index contributed by atoms with van der Waals surface area (Å²) < 4.78 is 0. The summed E-state index contributed by atoms with van der Waals surface area (Å²) in [7, 11) is 2.22. The van der Waals surface area contributed by atoms with E-state index >= 15 is 0 Å². The van der Waals surface area contributed by atoms with Crippen molar-refractivity contribution in [2.75, 3.05) is 24.2 Å². The SMILES string of the molecule is Cc1cc(C)c2c(c1)N(C)C(CCCN)CS2. The number of aryl methyl sites for hydroxylation is 2. The van der Waals surface area contributed by atoms with E-state index in [-0.39, 0.29) is 0 Å². The van der Waals surface area contributed by atoms with E-state index in [1.807, 2.05) is 11.8 Å². The molecule has 3 heteroatoms. The normalized spacial score (nSPS) is 19.3. The second kappa shape index (κ2) is 5.32. The highest BCUT2D eigenvalue weighted by molar-refractivity contribution is 7.99. The fourth-order valence-corrected chi connectivity index (χ4v) is 3.89. The number of rotatable bonds is 3. The third-order valence-electron chi connectivity index (χ3n) is 3.49. The Labute approximate surface area is 109 Å². The van der Waals surface area contributed by atoms with E-state index in [0.717, 1.165) is 13.0 Å². The van der Waals surface area contributed by atoms with Crippen molar-refractivity contribution in [3.8, 4) is 0 Å². The molecule has 0 aliphatic carbocycles. The van der Waals surface area contributed by atoms with E-state index in [0.29, 0.717) is 6.04 Å². The average Bonchev–Trinajstić information content (AvgIpc) is 2.29. The van der Waals surface area contributed by atoms with Gasteiger partial charge in [0, 0.05) is 23.7 Å². The summed E-state index contributed by atoms with van der Waals surface area (Å²) in [6, 6.07) is 5.22. The number of thioether (sulfide) groups is 1. The van der Waals surface area contributed by atoms with Gasteiger partial charge in [0.15, 0.2) is 0 Å². The van der Waals surface area contributed by atoms with Crippen molar-refractivity contribution < 1.29 is 0 Å². The summed E-state index contributed by atoms with van der Waals surface area (Å²) >= 11 is 2.00. The zero-order chi connectivity index (χ0) is 12.4. The minimum atomic E-state index is 0.636. The Kier molecular flexibility index (Phi) is 4.00. The van der Waals surface area contributed by atoms with Gasteiger partial charge >= 0.3 is 0 Å². The van der Waals surface area contributed by atoms with E-state index in [1.165, 1.54) is 33.9 Å².